The molecule has 0 N–H and O–H groups in total. The zero-order valence-corrected chi connectivity index (χ0v) is 14.1. The van der Waals surface area contributed by atoms with E-state index < -0.39 is 0 Å². The Labute approximate surface area is 133 Å². The molecule has 2 nitrogen and oxygen atoms in total. The SMILES string of the molecule is Cc1sc2ncnc(SCC(C)C)c2c1-c1ccccc1. The van der Waals surface area contributed by atoms with Crippen molar-refractivity contribution in [3.8, 4) is 11.1 Å². The summed E-state index contributed by atoms with van der Waals surface area (Å²) in [5.74, 6) is 1.73. The van der Waals surface area contributed by atoms with Gasteiger partial charge in [-0.1, -0.05) is 44.2 Å². The van der Waals surface area contributed by atoms with E-state index in [1.165, 1.54) is 21.4 Å². The first kappa shape index (κ1) is 14.5. The maximum Gasteiger partial charge on any atom is 0.128 e. The van der Waals surface area contributed by atoms with Crippen molar-refractivity contribution < 1.29 is 0 Å². The van der Waals surface area contributed by atoms with Gasteiger partial charge in [0.25, 0.3) is 0 Å². The third-order valence-electron chi connectivity index (χ3n) is 3.25. The number of rotatable bonds is 4. The highest BCUT2D eigenvalue weighted by atomic mass is 32.2. The molecule has 0 saturated carbocycles. The number of fused-ring (bicyclic) bond motifs is 1. The number of benzene rings is 1. The lowest BCUT2D eigenvalue weighted by molar-refractivity contribution is 0.749. The first-order valence-electron chi connectivity index (χ1n) is 7.09. The first-order chi connectivity index (χ1) is 10.2. The zero-order valence-electron chi connectivity index (χ0n) is 12.5. The molecule has 2 aromatic heterocycles. The van der Waals surface area contributed by atoms with Gasteiger partial charge >= 0.3 is 0 Å². The van der Waals surface area contributed by atoms with Crippen LogP contribution in [-0.4, -0.2) is 15.7 Å². The second kappa shape index (κ2) is 6.16. The molecule has 0 aliphatic heterocycles. The monoisotopic (exact) mass is 314 g/mol. The molecule has 0 aliphatic carbocycles. The van der Waals surface area contributed by atoms with Crippen LogP contribution < -0.4 is 0 Å². The average molecular weight is 314 g/mol. The number of nitrogens with zero attached hydrogens (tertiary/aromatic N) is 2. The Hall–Kier alpha value is -1.39. The van der Waals surface area contributed by atoms with Crippen LogP contribution in [0.15, 0.2) is 41.7 Å². The molecule has 0 radical (unpaired) electrons. The third kappa shape index (κ3) is 2.97. The fraction of sp³-hybridized carbons (Fsp3) is 0.294. The molecule has 3 aromatic rings. The molecule has 108 valence electrons. The Morgan fingerprint density at radius 2 is 1.90 bits per heavy atom. The van der Waals surface area contributed by atoms with E-state index in [0.717, 1.165) is 15.6 Å². The standard InChI is InChI=1S/C17H18N2S2/c1-11(2)9-20-16-15-14(13-7-5-4-6-8-13)12(3)21-17(15)19-10-18-16/h4-8,10-11H,9H2,1-3H3. The number of thioether (sulfide) groups is 1. The van der Waals surface area contributed by atoms with E-state index in [2.05, 4.69) is 61.1 Å². The van der Waals surface area contributed by atoms with Crippen molar-refractivity contribution in [1.82, 2.24) is 9.97 Å². The molecular formula is C17H18N2S2. The molecule has 0 aliphatic rings. The highest BCUT2D eigenvalue weighted by Gasteiger charge is 2.16. The number of thiophene rings is 1. The van der Waals surface area contributed by atoms with Gasteiger partial charge in [0.2, 0.25) is 0 Å². The summed E-state index contributed by atoms with van der Waals surface area (Å²) >= 11 is 3.59. The Balaban J connectivity index is 2.17. The topological polar surface area (TPSA) is 25.8 Å². The predicted molar refractivity (Wildman–Crippen MR) is 93.2 cm³/mol. The van der Waals surface area contributed by atoms with Crippen molar-refractivity contribution >= 4 is 33.3 Å². The van der Waals surface area contributed by atoms with Gasteiger partial charge in [-0.15, -0.1) is 23.1 Å². The van der Waals surface area contributed by atoms with Gasteiger partial charge in [0.15, 0.2) is 0 Å². The van der Waals surface area contributed by atoms with Crippen molar-refractivity contribution in [2.75, 3.05) is 5.75 Å². The van der Waals surface area contributed by atoms with Gasteiger partial charge in [0, 0.05) is 16.2 Å². The summed E-state index contributed by atoms with van der Waals surface area (Å²) in [6, 6.07) is 10.6. The van der Waals surface area contributed by atoms with Gasteiger partial charge in [-0.3, -0.25) is 0 Å². The fourth-order valence-corrected chi connectivity index (χ4v) is 4.36. The molecule has 1 aromatic carbocycles. The van der Waals surface area contributed by atoms with Crippen LogP contribution in [0.4, 0.5) is 0 Å². The lowest BCUT2D eigenvalue weighted by Gasteiger charge is -2.07. The zero-order chi connectivity index (χ0) is 14.8. The van der Waals surface area contributed by atoms with E-state index in [1.807, 2.05) is 11.8 Å². The van der Waals surface area contributed by atoms with E-state index in [0.29, 0.717) is 5.92 Å². The second-order valence-electron chi connectivity index (χ2n) is 5.46. The molecule has 0 saturated heterocycles. The smallest absolute Gasteiger partial charge is 0.128 e. The van der Waals surface area contributed by atoms with Gasteiger partial charge in [-0.2, -0.15) is 0 Å². The molecule has 0 spiro atoms. The van der Waals surface area contributed by atoms with Crippen LogP contribution in [0.25, 0.3) is 21.3 Å². The Morgan fingerprint density at radius 3 is 2.62 bits per heavy atom. The number of aromatic nitrogens is 2. The molecule has 0 bridgehead atoms. The van der Waals surface area contributed by atoms with Crippen LogP contribution in [0.2, 0.25) is 0 Å². The third-order valence-corrected chi connectivity index (χ3v) is 5.67. The van der Waals surface area contributed by atoms with Crippen molar-refractivity contribution in [2.24, 2.45) is 5.92 Å². The molecule has 4 heteroatoms. The van der Waals surface area contributed by atoms with E-state index in [1.54, 1.807) is 17.7 Å². The van der Waals surface area contributed by atoms with Gasteiger partial charge in [0.05, 0.1) is 5.39 Å². The van der Waals surface area contributed by atoms with Crippen LogP contribution in [0, 0.1) is 12.8 Å². The van der Waals surface area contributed by atoms with Crippen LogP contribution >= 0.6 is 23.1 Å². The van der Waals surface area contributed by atoms with Crippen molar-refractivity contribution in [2.45, 2.75) is 25.8 Å². The van der Waals surface area contributed by atoms with Crippen molar-refractivity contribution in [1.29, 1.82) is 0 Å². The average Bonchev–Trinajstić information content (AvgIpc) is 2.82. The second-order valence-corrected chi connectivity index (χ2v) is 7.68. The van der Waals surface area contributed by atoms with E-state index >= 15 is 0 Å². The molecule has 21 heavy (non-hydrogen) atoms. The summed E-state index contributed by atoms with van der Waals surface area (Å²) in [5, 5.41) is 2.33. The molecule has 3 rings (SSSR count). The van der Waals surface area contributed by atoms with Gasteiger partial charge in [-0.05, 0) is 18.4 Å². The summed E-state index contributed by atoms with van der Waals surface area (Å²) in [6.45, 7) is 6.65. The number of aryl methyl sites for hydroxylation is 1. The molecule has 0 unspecified atom stereocenters. The number of hydrogen-bond donors (Lipinski definition) is 0. The molecule has 2 heterocycles. The Kier molecular flexibility index (Phi) is 4.27. The summed E-state index contributed by atoms with van der Waals surface area (Å²) in [7, 11) is 0. The maximum absolute atomic E-state index is 4.54. The van der Waals surface area contributed by atoms with Gasteiger partial charge < -0.3 is 0 Å². The summed E-state index contributed by atoms with van der Waals surface area (Å²) in [5.41, 5.74) is 2.55. The first-order valence-corrected chi connectivity index (χ1v) is 8.89. The molecule has 0 atom stereocenters. The highest BCUT2D eigenvalue weighted by Crippen LogP contribution is 2.41. The highest BCUT2D eigenvalue weighted by molar-refractivity contribution is 7.99. The lowest BCUT2D eigenvalue weighted by atomic mass is 10.0. The molecule has 0 amide bonds. The number of hydrogen-bond acceptors (Lipinski definition) is 4. The fourth-order valence-electron chi connectivity index (χ4n) is 2.33. The van der Waals surface area contributed by atoms with Crippen LogP contribution in [-0.2, 0) is 0 Å². The minimum Gasteiger partial charge on any atom is -0.229 e. The molecular weight excluding hydrogens is 296 g/mol. The van der Waals surface area contributed by atoms with E-state index in [9.17, 15) is 0 Å². The van der Waals surface area contributed by atoms with E-state index in [-0.39, 0.29) is 0 Å². The largest absolute Gasteiger partial charge is 0.229 e. The Morgan fingerprint density at radius 1 is 1.14 bits per heavy atom. The summed E-state index contributed by atoms with van der Waals surface area (Å²) in [4.78, 5) is 11.4. The lowest BCUT2D eigenvalue weighted by Crippen LogP contribution is -1.93. The summed E-state index contributed by atoms with van der Waals surface area (Å²) in [6.07, 6.45) is 1.69. The van der Waals surface area contributed by atoms with Crippen LogP contribution in [0.3, 0.4) is 0 Å². The van der Waals surface area contributed by atoms with Crippen LogP contribution in [0.5, 0.6) is 0 Å². The van der Waals surface area contributed by atoms with E-state index in [4.69, 9.17) is 0 Å². The van der Waals surface area contributed by atoms with Gasteiger partial charge in [0.1, 0.15) is 16.2 Å². The van der Waals surface area contributed by atoms with Crippen molar-refractivity contribution in [3.63, 3.8) is 0 Å². The Bertz CT molecular complexity index is 748. The normalized spacial score (nSPS) is 11.4. The quantitative estimate of drug-likeness (QED) is 0.475. The predicted octanol–water partition coefficient (Wildman–Crippen LogP) is 5.41. The minimum atomic E-state index is 0.653. The molecule has 0 fully saturated rings. The van der Waals surface area contributed by atoms with Crippen molar-refractivity contribution in [3.05, 3.63) is 41.5 Å². The van der Waals surface area contributed by atoms with Crippen LogP contribution in [0.1, 0.15) is 18.7 Å². The maximum atomic E-state index is 4.54. The minimum absolute atomic E-state index is 0.653. The van der Waals surface area contributed by atoms with Gasteiger partial charge in [-0.25, -0.2) is 9.97 Å². The summed E-state index contributed by atoms with van der Waals surface area (Å²) < 4.78 is 0.